The first-order valence-electron chi connectivity index (χ1n) is 7.84. The molecule has 0 radical (unpaired) electrons. The lowest BCUT2D eigenvalue weighted by Crippen LogP contribution is -2.52. The van der Waals surface area contributed by atoms with Crippen molar-refractivity contribution in [3.05, 3.63) is 0 Å². The summed E-state index contributed by atoms with van der Waals surface area (Å²) in [7, 11) is 0. The first-order chi connectivity index (χ1) is 9.22. The van der Waals surface area contributed by atoms with Crippen LogP contribution in [0.2, 0.25) is 0 Å². The van der Waals surface area contributed by atoms with Crippen LogP contribution in [-0.4, -0.2) is 36.8 Å². The number of aliphatic hydroxyl groups excluding tert-OH is 1. The van der Waals surface area contributed by atoms with E-state index in [0.29, 0.717) is 0 Å². The molecule has 1 aliphatic heterocycles. The molecule has 19 heavy (non-hydrogen) atoms. The van der Waals surface area contributed by atoms with Crippen molar-refractivity contribution in [2.45, 2.75) is 57.9 Å². The third-order valence-corrected chi connectivity index (χ3v) is 5.18. The molecule has 0 aromatic heterocycles. The highest BCUT2D eigenvalue weighted by atomic mass is 16.3. The second-order valence-electron chi connectivity index (χ2n) is 6.19. The van der Waals surface area contributed by atoms with Gasteiger partial charge in [0.2, 0.25) is 5.91 Å². The second kappa shape index (κ2) is 6.71. The van der Waals surface area contributed by atoms with Crippen molar-refractivity contribution in [3.63, 3.8) is 0 Å². The van der Waals surface area contributed by atoms with Gasteiger partial charge in [-0.15, -0.1) is 0 Å². The van der Waals surface area contributed by atoms with Crippen LogP contribution < -0.4 is 10.6 Å². The van der Waals surface area contributed by atoms with Crippen LogP contribution >= 0.6 is 0 Å². The lowest BCUT2D eigenvalue weighted by atomic mass is 9.75. The Kier molecular flexibility index (Phi) is 5.22. The SMILES string of the molecule is CCC1(C(=O)NC2CCCCC2CO)CCNCC1. The Morgan fingerprint density at radius 3 is 2.63 bits per heavy atom. The maximum absolute atomic E-state index is 12.7. The van der Waals surface area contributed by atoms with Gasteiger partial charge in [-0.3, -0.25) is 4.79 Å². The van der Waals surface area contributed by atoms with Crippen molar-refractivity contribution in [2.24, 2.45) is 11.3 Å². The first kappa shape index (κ1) is 14.8. The Hall–Kier alpha value is -0.610. The largest absolute Gasteiger partial charge is 0.396 e. The predicted molar refractivity (Wildman–Crippen MR) is 75.8 cm³/mol. The van der Waals surface area contributed by atoms with E-state index in [0.717, 1.165) is 45.2 Å². The van der Waals surface area contributed by atoms with Crippen molar-refractivity contribution in [3.8, 4) is 0 Å². The summed E-state index contributed by atoms with van der Waals surface area (Å²) in [5.74, 6) is 0.482. The number of aliphatic hydroxyl groups is 1. The van der Waals surface area contributed by atoms with Gasteiger partial charge in [-0.25, -0.2) is 0 Å². The Morgan fingerprint density at radius 2 is 2.00 bits per heavy atom. The maximum atomic E-state index is 12.7. The fourth-order valence-corrected chi connectivity index (χ4v) is 3.58. The molecule has 4 heteroatoms. The zero-order valence-corrected chi connectivity index (χ0v) is 12.1. The molecule has 0 aromatic rings. The van der Waals surface area contributed by atoms with Crippen LogP contribution in [0.3, 0.4) is 0 Å². The van der Waals surface area contributed by atoms with Gasteiger partial charge in [0.25, 0.3) is 0 Å². The molecule has 2 aliphatic rings. The van der Waals surface area contributed by atoms with Crippen molar-refractivity contribution in [1.29, 1.82) is 0 Å². The summed E-state index contributed by atoms with van der Waals surface area (Å²) >= 11 is 0. The van der Waals surface area contributed by atoms with E-state index in [1.54, 1.807) is 0 Å². The van der Waals surface area contributed by atoms with Gasteiger partial charge in [-0.1, -0.05) is 19.8 Å². The standard InChI is InChI=1S/C15H28N2O2/c1-2-15(7-9-16-10-8-15)14(19)17-13-6-4-3-5-12(13)11-18/h12-13,16,18H,2-11H2,1H3,(H,17,19). The summed E-state index contributed by atoms with van der Waals surface area (Å²) in [6.45, 7) is 4.20. The number of rotatable bonds is 4. The summed E-state index contributed by atoms with van der Waals surface area (Å²) in [5.41, 5.74) is -0.178. The molecule has 1 saturated heterocycles. The van der Waals surface area contributed by atoms with Crippen LogP contribution in [0.1, 0.15) is 51.9 Å². The summed E-state index contributed by atoms with van der Waals surface area (Å²) in [4.78, 5) is 12.7. The summed E-state index contributed by atoms with van der Waals surface area (Å²) < 4.78 is 0. The quantitative estimate of drug-likeness (QED) is 0.723. The fraction of sp³-hybridized carbons (Fsp3) is 0.933. The normalized spacial score (nSPS) is 30.8. The van der Waals surface area contributed by atoms with Gasteiger partial charge >= 0.3 is 0 Å². The molecular formula is C15H28N2O2. The van der Waals surface area contributed by atoms with E-state index >= 15 is 0 Å². The molecule has 3 N–H and O–H groups in total. The minimum absolute atomic E-state index is 0.178. The van der Waals surface area contributed by atoms with E-state index in [9.17, 15) is 9.90 Å². The zero-order valence-electron chi connectivity index (χ0n) is 12.1. The van der Waals surface area contributed by atoms with Gasteiger partial charge in [0.05, 0.1) is 5.41 Å². The average molecular weight is 268 g/mol. The topological polar surface area (TPSA) is 61.4 Å². The Labute approximate surface area is 116 Å². The van der Waals surface area contributed by atoms with Gasteiger partial charge in [0.15, 0.2) is 0 Å². The number of nitrogens with one attached hydrogen (secondary N) is 2. The number of carbonyl (C=O) groups excluding carboxylic acids is 1. The monoisotopic (exact) mass is 268 g/mol. The van der Waals surface area contributed by atoms with E-state index in [1.165, 1.54) is 12.8 Å². The number of amides is 1. The molecule has 4 nitrogen and oxygen atoms in total. The van der Waals surface area contributed by atoms with Crippen LogP contribution in [0.25, 0.3) is 0 Å². The zero-order chi connectivity index (χ0) is 13.7. The number of carbonyl (C=O) groups is 1. The first-order valence-corrected chi connectivity index (χ1v) is 7.84. The second-order valence-corrected chi connectivity index (χ2v) is 6.19. The third kappa shape index (κ3) is 3.29. The van der Waals surface area contributed by atoms with E-state index < -0.39 is 0 Å². The lowest BCUT2D eigenvalue weighted by molar-refractivity contribution is -0.134. The Morgan fingerprint density at radius 1 is 1.32 bits per heavy atom. The van der Waals surface area contributed by atoms with E-state index in [4.69, 9.17) is 0 Å². The molecule has 2 fully saturated rings. The van der Waals surface area contributed by atoms with Gasteiger partial charge in [0.1, 0.15) is 0 Å². The van der Waals surface area contributed by atoms with Gasteiger partial charge < -0.3 is 15.7 Å². The highest BCUT2D eigenvalue weighted by molar-refractivity contribution is 5.83. The van der Waals surface area contributed by atoms with E-state index in [2.05, 4.69) is 17.6 Å². The smallest absolute Gasteiger partial charge is 0.226 e. The predicted octanol–water partition coefficient (Wildman–Crippen LogP) is 1.43. The van der Waals surface area contributed by atoms with Crippen LogP contribution in [0.15, 0.2) is 0 Å². The molecule has 2 rings (SSSR count). The van der Waals surface area contributed by atoms with Crippen molar-refractivity contribution in [2.75, 3.05) is 19.7 Å². The molecule has 1 aliphatic carbocycles. The molecule has 1 heterocycles. The molecule has 110 valence electrons. The minimum atomic E-state index is -0.178. The van der Waals surface area contributed by atoms with Crippen LogP contribution in [0.5, 0.6) is 0 Å². The summed E-state index contributed by atoms with van der Waals surface area (Å²) in [6, 6.07) is 0.185. The average Bonchev–Trinajstić information content (AvgIpc) is 2.48. The summed E-state index contributed by atoms with van der Waals surface area (Å²) in [6.07, 6.45) is 7.20. The lowest BCUT2D eigenvalue weighted by Gasteiger charge is -2.39. The fourth-order valence-electron chi connectivity index (χ4n) is 3.58. The van der Waals surface area contributed by atoms with Crippen molar-refractivity contribution < 1.29 is 9.90 Å². The minimum Gasteiger partial charge on any atom is -0.396 e. The molecular weight excluding hydrogens is 240 g/mol. The van der Waals surface area contributed by atoms with Gasteiger partial charge in [-0.2, -0.15) is 0 Å². The van der Waals surface area contributed by atoms with E-state index in [-0.39, 0.29) is 29.9 Å². The number of piperidine rings is 1. The van der Waals surface area contributed by atoms with Crippen molar-refractivity contribution in [1.82, 2.24) is 10.6 Å². The number of hydrogen-bond acceptors (Lipinski definition) is 3. The third-order valence-electron chi connectivity index (χ3n) is 5.18. The Bertz CT molecular complexity index is 301. The molecule has 1 amide bonds. The molecule has 2 atom stereocenters. The van der Waals surface area contributed by atoms with Gasteiger partial charge in [-0.05, 0) is 45.2 Å². The highest BCUT2D eigenvalue weighted by Crippen LogP contribution is 2.34. The van der Waals surface area contributed by atoms with E-state index in [1.807, 2.05) is 0 Å². The molecule has 2 unspecified atom stereocenters. The Balaban J connectivity index is 1.98. The molecule has 1 saturated carbocycles. The number of hydrogen-bond donors (Lipinski definition) is 3. The maximum Gasteiger partial charge on any atom is 0.226 e. The summed E-state index contributed by atoms with van der Waals surface area (Å²) in [5, 5.41) is 16.0. The highest BCUT2D eigenvalue weighted by Gasteiger charge is 2.39. The molecule has 0 spiro atoms. The van der Waals surface area contributed by atoms with Gasteiger partial charge in [0, 0.05) is 18.6 Å². The van der Waals surface area contributed by atoms with Crippen LogP contribution in [0.4, 0.5) is 0 Å². The van der Waals surface area contributed by atoms with Crippen LogP contribution in [-0.2, 0) is 4.79 Å². The molecule has 0 aromatic carbocycles. The molecule has 0 bridgehead atoms. The van der Waals surface area contributed by atoms with Crippen LogP contribution in [0, 0.1) is 11.3 Å². The van der Waals surface area contributed by atoms with Crippen molar-refractivity contribution >= 4 is 5.91 Å².